The van der Waals surface area contributed by atoms with Gasteiger partial charge in [0.2, 0.25) is 0 Å². The van der Waals surface area contributed by atoms with Crippen LogP contribution in [-0.4, -0.2) is 174 Å². The Labute approximate surface area is 370 Å². The molecule has 18 nitrogen and oxygen atoms in total. The summed E-state index contributed by atoms with van der Waals surface area (Å²) in [6.45, 7) is 9.99. The van der Waals surface area contributed by atoms with E-state index >= 15 is 0 Å². The van der Waals surface area contributed by atoms with Gasteiger partial charge in [-0.15, -0.1) is 6.10 Å². The molecule has 3 heterocycles. The van der Waals surface area contributed by atoms with Crippen molar-refractivity contribution < 1.29 is 108 Å². The third-order valence-electron chi connectivity index (χ3n) is 14.2. The molecule has 6 aliphatic rings. The van der Waals surface area contributed by atoms with E-state index in [1.54, 1.807) is 0 Å². The van der Waals surface area contributed by atoms with Crippen LogP contribution in [0.2, 0.25) is 0 Å². The van der Waals surface area contributed by atoms with Crippen molar-refractivity contribution in [2.45, 2.75) is 190 Å². The van der Waals surface area contributed by atoms with E-state index < -0.39 is 105 Å². The number of rotatable bonds is 16. The largest absolute Gasteiger partial charge is 1.00 e. The Morgan fingerprint density at radius 1 is 0.803 bits per heavy atom. The molecular formula is C42H69LiO18-2. The van der Waals surface area contributed by atoms with Gasteiger partial charge in [-0.1, -0.05) is 44.3 Å². The van der Waals surface area contributed by atoms with Crippen molar-refractivity contribution in [3.8, 4) is 0 Å². The number of fused-ring (bicyclic) bond motifs is 3. The van der Waals surface area contributed by atoms with E-state index in [1.165, 1.54) is 11.5 Å². The number of aliphatic hydroxyl groups is 11. The first kappa shape index (κ1) is 51.6. The van der Waals surface area contributed by atoms with Crippen LogP contribution < -0.4 is 18.9 Å². The van der Waals surface area contributed by atoms with E-state index in [2.05, 4.69) is 26.3 Å². The maximum atomic E-state index is 11.8. The van der Waals surface area contributed by atoms with Gasteiger partial charge in [-0.2, -0.15) is 32.6 Å². The van der Waals surface area contributed by atoms with E-state index in [0.29, 0.717) is 30.6 Å². The van der Waals surface area contributed by atoms with E-state index in [9.17, 15) is 56.2 Å². The van der Waals surface area contributed by atoms with Gasteiger partial charge in [0.15, 0.2) is 31.5 Å². The topological polar surface area (TPSA) is 287 Å². The summed E-state index contributed by atoms with van der Waals surface area (Å²) in [5, 5.41) is 114. The molecule has 0 radical (unpaired) electrons. The first-order valence-corrected chi connectivity index (χ1v) is 21.6. The molecule has 3 aliphatic carbocycles. The van der Waals surface area contributed by atoms with Gasteiger partial charge in [0, 0.05) is 6.61 Å². The second-order valence-corrected chi connectivity index (χ2v) is 18.1. The number of allylic oxidation sites excluding steroid dienone is 1. The van der Waals surface area contributed by atoms with Crippen LogP contribution in [0.15, 0.2) is 11.6 Å². The normalized spacial score (nSPS) is 46.7. The average molecular weight is 869 g/mol. The van der Waals surface area contributed by atoms with Gasteiger partial charge < -0.3 is 102 Å². The third kappa shape index (κ3) is 11.3. The third-order valence-corrected chi connectivity index (χ3v) is 14.2. The molecule has 5 fully saturated rings. The van der Waals surface area contributed by atoms with Crippen molar-refractivity contribution in [2.75, 3.05) is 13.2 Å². The van der Waals surface area contributed by atoms with Gasteiger partial charge in [-0.3, -0.25) is 0 Å². The van der Waals surface area contributed by atoms with Crippen LogP contribution in [0.4, 0.5) is 0 Å². The predicted octanol–water partition coefficient (Wildman–Crippen LogP) is -3.93. The van der Waals surface area contributed by atoms with Crippen LogP contribution in [0.1, 0.15) is 85.5 Å². The molecule has 0 aromatic heterocycles. The molecule has 11 N–H and O–H groups in total. The Morgan fingerprint density at radius 3 is 2.02 bits per heavy atom. The summed E-state index contributed by atoms with van der Waals surface area (Å²) in [6, 6.07) is 0. The minimum absolute atomic E-state index is 0. The fraction of sp³-hybridized carbons (Fsp3) is 0.881. The molecule has 10 unspecified atom stereocenters. The SMILES string of the molecule is C[CH-][C@@H](CC[C@@H](C)CO)O[CH-]C[C@@H]1[C-](C)CC[C@H]2[C@H]1CC=C1CC(O[C@@H]3OC(CO)[C@@H](O[C@@H]4OC(O)[C@H](O)C(O)C4O)C(O)C3O[C@@H]3OC(O)[C@H](O)C(O)C3O)CC[C@@]12C.[Li+]. The second kappa shape index (κ2) is 22.4. The fourth-order valence-electron chi connectivity index (χ4n) is 10.2. The van der Waals surface area contributed by atoms with E-state index in [0.717, 1.165) is 44.9 Å². The van der Waals surface area contributed by atoms with Crippen LogP contribution in [0.5, 0.6) is 0 Å². The van der Waals surface area contributed by atoms with Crippen LogP contribution in [0, 0.1) is 48.0 Å². The number of hydrogen-bond acceptors (Lipinski definition) is 18. The van der Waals surface area contributed by atoms with Crippen molar-refractivity contribution in [3.63, 3.8) is 0 Å². The molecule has 6 rings (SSSR count). The van der Waals surface area contributed by atoms with Crippen molar-refractivity contribution in [3.05, 3.63) is 30.6 Å². The van der Waals surface area contributed by atoms with Crippen LogP contribution in [0.3, 0.4) is 0 Å². The number of aliphatic hydroxyl groups excluding tert-OH is 11. The summed E-state index contributed by atoms with van der Waals surface area (Å²) < 4.78 is 41.0. The Morgan fingerprint density at radius 2 is 1.43 bits per heavy atom. The molecule has 0 aromatic rings. The summed E-state index contributed by atoms with van der Waals surface area (Å²) in [4.78, 5) is 0. The quantitative estimate of drug-likeness (QED) is 0.0401. The van der Waals surface area contributed by atoms with Crippen LogP contribution in [-0.2, 0) is 33.2 Å². The zero-order valence-electron chi connectivity index (χ0n) is 35.9. The van der Waals surface area contributed by atoms with Crippen molar-refractivity contribution in [1.29, 1.82) is 0 Å². The standard InChI is InChI=1S/C42H69O18.Li/c1-5-22(9-6-19(2)17-43)54-15-13-24-20(3)7-11-26-25(24)10-8-21-16-23(12-14-42(21,26)4)55-41-36(58-40-33(50)29(46)31(48)38(53)60-40)34(51)35(27(18-44)56-41)57-39-32(49)28(45)30(47)37(52)59-39;/h5,8,15,19,22-41,43-53H,6-7,9-14,16-18H2,1-4H3;/q-3;+1/t19-,22+,23?,24-,25+,26+,27?,28?,29?,30-,31-,32?,33?,34?,35-,36?,37?,38?,39-,40-,41-,42+;/m1./s1. The number of hydrogen-bond donors (Lipinski definition) is 11. The molecule has 22 atom stereocenters. The monoisotopic (exact) mass is 868 g/mol. The van der Waals surface area contributed by atoms with Crippen molar-refractivity contribution >= 4 is 0 Å². The Kier molecular flexibility index (Phi) is 19.0. The summed E-state index contributed by atoms with van der Waals surface area (Å²) >= 11 is 0. The molecular weight excluding hydrogens is 799 g/mol. The molecule has 3 aliphatic heterocycles. The summed E-state index contributed by atoms with van der Waals surface area (Å²) in [5.74, 6) is 2.94. The minimum atomic E-state index is -1.98. The van der Waals surface area contributed by atoms with Gasteiger partial charge in [-0.05, 0) is 49.4 Å². The first-order chi connectivity index (χ1) is 28.5. The van der Waals surface area contributed by atoms with Crippen molar-refractivity contribution in [2.24, 2.45) is 29.1 Å². The Hall–Kier alpha value is -0.383. The Bertz CT molecular complexity index is 1380. The maximum absolute atomic E-state index is 11.8. The Balaban J connectivity index is 0.00000704. The van der Waals surface area contributed by atoms with Gasteiger partial charge in [0.25, 0.3) is 0 Å². The summed E-state index contributed by atoms with van der Waals surface area (Å²) in [5.41, 5.74) is 1.15. The average Bonchev–Trinajstić information content (AvgIpc) is 3.23. The van der Waals surface area contributed by atoms with Crippen LogP contribution in [0.25, 0.3) is 0 Å². The van der Waals surface area contributed by atoms with E-state index in [1.807, 2.05) is 20.5 Å². The van der Waals surface area contributed by atoms with E-state index in [4.69, 9.17) is 33.2 Å². The van der Waals surface area contributed by atoms with Gasteiger partial charge in [0.1, 0.15) is 61.0 Å². The predicted molar refractivity (Wildman–Crippen MR) is 207 cm³/mol. The molecule has 0 amide bonds. The second-order valence-electron chi connectivity index (χ2n) is 18.1. The molecule has 61 heavy (non-hydrogen) atoms. The molecule has 0 bridgehead atoms. The summed E-state index contributed by atoms with van der Waals surface area (Å²) in [6.07, 6.45) is -15.5. The first-order valence-electron chi connectivity index (χ1n) is 21.6. The van der Waals surface area contributed by atoms with Gasteiger partial charge >= 0.3 is 18.9 Å². The van der Waals surface area contributed by atoms with Gasteiger partial charge in [0.05, 0.1) is 12.7 Å². The summed E-state index contributed by atoms with van der Waals surface area (Å²) in [7, 11) is 0. The molecule has 0 spiro atoms. The zero-order chi connectivity index (χ0) is 43.6. The maximum Gasteiger partial charge on any atom is 1.00 e. The molecule has 3 saturated heterocycles. The molecule has 19 heteroatoms. The fourth-order valence-corrected chi connectivity index (χ4v) is 10.2. The number of ether oxygens (including phenoxy) is 7. The minimum Gasteiger partial charge on any atom is -0.574 e. The molecule has 0 aromatic carbocycles. The smallest absolute Gasteiger partial charge is 0.574 e. The van der Waals surface area contributed by atoms with Crippen LogP contribution >= 0.6 is 0 Å². The van der Waals surface area contributed by atoms with Crippen molar-refractivity contribution in [1.82, 2.24) is 0 Å². The van der Waals surface area contributed by atoms with Gasteiger partial charge in [-0.25, -0.2) is 6.61 Å². The molecule has 2 saturated carbocycles. The zero-order valence-corrected chi connectivity index (χ0v) is 35.9. The van der Waals surface area contributed by atoms with E-state index in [-0.39, 0.29) is 42.9 Å². The molecule has 348 valence electrons.